The molecule has 2 heterocycles. The van der Waals surface area contributed by atoms with Crippen molar-refractivity contribution >= 4 is 45.4 Å². The number of methoxy groups -OCH3 is 1. The Bertz CT molecular complexity index is 1230. The summed E-state index contributed by atoms with van der Waals surface area (Å²) < 4.78 is 21.5. The Morgan fingerprint density at radius 2 is 2.00 bits per heavy atom. The molecule has 0 spiro atoms. The molecule has 0 bridgehead atoms. The van der Waals surface area contributed by atoms with E-state index in [1.165, 1.54) is 24.5 Å². The third-order valence-corrected chi connectivity index (χ3v) is 5.81. The van der Waals surface area contributed by atoms with Crippen molar-refractivity contribution in [2.45, 2.75) is 13.2 Å². The average molecular weight is 442 g/mol. The fourth-order valence-electron chi connectivity index (χ4n) is 3.21. The Hall–Kier alpha value is -3.03. The Morgan fingerprint density at radius 1 is 1.20 bits per heavy atom. The van der Waals surface area contributed by atoms with Gasteiger partial charge in [0.05, 0.1) is 23.8 Å². The van der Waals surface area contributed by atoms with Gasteiger partial charge < -0.3 is 4.74 Å². The van der Waals surface area contributed by atoms with Gasteiger partial charge in [-0.05, 0) is 31.2 Å². The third-order valence-electron chi connectivity index (χ3n) is 4.66. The molecule has 0 radical (unpaired) electrons. The molecule has 0 fully saturated rings. The predicted octanol–water partition coefficient (Wildman–Crippen LogP) is 5.98. The van der Waals surface area contributed by atoms with E-state index in [1.807, 2.05) is 6.07 Å². The summed E-state index contributed by atoms with van der Waals surface area (Å²) in [5.41, 5.74) is 3.29. The fourth-order valence-corrected chi connectivity index (χ4v) is 4.13. The van der Waals surface area contributed by atoms with E-state index in [4.69, 9.17) is 16.3 Å². The Balaban J connectivity index is 1.90. The number of carbonyl (C=O) groups excluding carboxylic acids is 1. The highest BCUT2D eigenvalue weighted by Crippen LogP contribution is 2.36. The second-order valence-electron chi connectivity index (χ2n) is 6.53. The van der Waals surface area contributed by atoms with Crippen LogP contribution in [0.15, 0.2) is 60.1 Å². The largest absolute Gasteiger partial charge is 0.481 e. The summed E-state index contributed by atoms with van der Waals surface area (Å²) in [6.07, 6.45) is -1.81. The molecule has 2 aromatic heterocycles. The van der Waals surface area contributed by atoms with Gasteiger partial charge in [0.1, 0.15) is 4.88 Å². The van der Waals surface area contributed by atoms with E-state index in [0.29, 0.717) is 32.2 Å². The number of anilines is 1. The molecular formula is C22H17ClFN3O2S. The van der Waals surface area contributed by atoms with Crippen molar-refractivity contribution in [1.29, 1.82) is 0 Å². The number of aryl methyl sites for hydroxylation is 1. The lowest BCUT2D eigenvalue weighted by atomic mass is 10.1. The van der Waals surface area contributed by atoms with Crippen LogP contribution in [0, 0.1) is 6.92 Å². The minimum absolute atomic E-state index is 0.263. The van der Waals surface area contributed by atoms with Crippen LogP contribution < -0.4 is 9.64 Å². The van der Waals surface area contributed by atoms with Crippen molar-refractivity contribution in [1.82, 2.24) is 9.97 Å². The minimum atomic E-state index is -1.81. The van der Waals surface area contributed by atoms with Crippen molar-refractivity contribution in [2.75, 3.05) is 12.0 Å². The van der Waals surface area contributed by atoms with Crippen LogP contribution in [0.1, 0.15) is 27.2 Å². The molecule has 4 aromatic rings. The summed E-state index contributed by atoms with van der Waals surface area (Å²) >= 11 is 7.31. The van der Waals surface area contributed by atoms with Crippen molar-refractivity contribution in [2.24, 2.45) is 0 Å². The first-order chi connectivity index (χ1) is 14.5. The molecule has 0 saturated heterocycles. The van der Waals surface area contributed by atoms with Gasteiger partial charge in [-0.3, -0.25) is 9.69 Å². The summed E-state index contributed by atoms with van der Waals surface area (Å²) in [4.78, 5) is 23.4. The van der Waals surface area contributed by atoms with Crippen LogP contribution in [0.25, 0.3) is 10.9 Å². The van der Waals surface area contributed by atoms with Gasteiger partial charge in [0.15, 0.2) is 0 Å². The zero-order valence-electron chi connectivity index (χ0n) is 16.2. The predicted molar refractivity (Wildman–Crippen MR) is 117 cm³/mol. The molecule has 152 valence electrons. The molecule has 1 unspecified atom stereocenters. The van der Waals surface area contributed by atoms with E-state index in [-0.39, 0.29) is 11.4 Å². The van der Waals surface area contributed by atoms with E-state index in [2.05, 4.69) is 9.97 Å². The maximum atomic E-state index is 16.2. The summed E-state index contributed by atoms with van der Waals surface area (Å²) in [5.74, 6) is -0.233. The van der Waals surface area contributed by atoms with Gasteiger partial charge in [-0.2, -0.15) is 0 Å². The molecule has 4 rings (SSSR count). The number of ether oxygens (including phenoxy) is 1. The molecule has 30 heavy (non-hydrogen) atoms. The van der Waals surface area contributed by atoms with Crippen LogP contribution in [0.2, 0.25) is 5.02 Å². The number of halogens is 2. The lowest BCUT2D eigenvalue weighted by molar-refractivity contribution is 0.0954. The van der Waals surface area contributed by atoms with E-state index in [0.717, 1.165) is 4.90 Å². The van der Waals surface area contributed by atoms with Crippen LogP contribution in [0.5, 0.6) is 5.88 Å². The van der Waals surface area contributed by atoms with Gasteiger partial charge in [-0.25, -0.2) is 14.4 Å². The van der Waals surface area contributed by atoms with E-state index in [1.54, 1.807) is 54.9 Å². The summed E-state index contributed by atoms with van der Waals surface area (Å²) in [6, 6.07) is 15.2. The smallest absolute Gasteiger partial charge is 0.272 e. The van der Waals surface area contributed by atoms with Crippen LogP contribution in [-0.4, -0.2) is 23.0 Å². The van der Waals surface area contributed by atoms with Gasteiger partial charge in [0.25, 0.3) is 5.91 Å². The number of pyridine rings is 1. The van der Waals surface area contributed by atoms with Gasteiger partial charge in [0, 0.05) is 27.7 Å². The number of fused-ring (bicyclic) bond motifs is 1. The number of para-hydroxylation sites is 1. The molecule has 1 amide bonds. The summed E-state index contributed by atoms with van der Waals surface area (Å²) in [6.45, 7) is 1.72. The number of rotatable bonds is 5. The van der Waals surface area contributed by atoms with Gasteiger partial charge in [0.2, 0.25) is 12.2 Å². The minimum Gasteiger partial charge on any atom is -0.481 e. The molecule has 8 heteroatoms. The average Bonchev–Trinajstić information content (AvgIpc) is 3.18. The number of aromatic nitrogens is 2. The molecule has 0 aliphatic carbocycles. The summed E-state index contributed by atoms with van der Waals surface area (Å²) in [7, 11) is 1.47. The molecule has 0 aliphatic heterocycles. The Labute approximate surface area is 181 Å². The van der Waals surface area contributed by atoms with Crippen LogP contribution in [0.3, 0.4) is 0 Å². The lowest BCUT2D eigenvalue weighted by Crippen LogP contribution is -2.33. The number of thiazole rings is 1. The summed E-state index contributed by atoms with van der Waals surface area (Å²) in [5, 5.41) is 0.988. The Kier molecular flexibility index (Phi) is 5.65. The van der Waals surface area contributed by atoms with Gasteiger partial charge in [-0.1, -0.05) is 35.9 Å². The molecule has 5 nitrogen and oxygen atoms in total. The Morgan fingerprint density at radius 3 is 2.70 bits per heavy atom. The van der Waals surface area contributed by atoms with E-state index in [9.17, 15) is 4.79 Å². The number of hydrogen-bond donors (Lipinski definition) is 0. The fraction of sp³-hybridized carbons (Fsp3) is 0.136. The number of carbonyl (C=O) groups is 1. The molecule has 2 aromatic carbocycles. The quantitative estimate of drug-likeness (QED) is 0.358. The zero-order chi connectivity index (χ0) is 21.3. The second-order valence-corrected chi connectivity index (χ2v) is 7.82. The van der Waals surface area contributed by atoms with E-state index < -0.39 is 12.2 Å². The van der Waals surface area contributed by atoms with Crippen LogP contribution >= 0.6 is 22.9 Å². The van der Waals surface area contributed by atoms with Crippen LogP contribution in [0.4, 0.5) is 10.1 Å². The standard InChI is InChI=1S/C22H17ClFN3O2S/c1-13-20(30-12-25-13)22(28)27(15-7-5-6-14(23)10-15)21(24)17-11-19(29-2)26-18-9-4-3-8-16(17)18/h3-12,21H,1-2H3. The highest BCUT2D eigenvalue weighted by atomic mass is 35.5. The van der Waals surface area contributed by atoms with Crippen molar-refractivity contribution in [3.05, 3.63) is 81.3 Å². The molecule has 0 aliphatic rings. The molecule has 0 N–H and O–H groups in total. The van der Waals surface area contributed by atoms with Crippen molar-refractivity contribution in [3.63, 3.8) is 0 Å². The molecular weight excluding hydrogens is 425 g/mol. The first-order valence-corrected chi connectivity index (χ1v) is 10.3. The number of amides is 1. The van der Waals surface area contributed by atoms with Crippen molar-refractivity contribution in [3.8, 4) is 5.88 Å². The highest BCUT2D eigenvalue weighted by molar-refractivity contribution is 7.12. The third kappa shape index (κ3) is 3.74. The first-order valence-electron chi connectivity index (χ1n) is 9.06. The zero-order valence-corrected chi connectivity index (χ0v) is 17.7. The number of benzene rings is 2. The van der Waals surface area contributed by atoms with Gasteiger partial charge >= 0.3 is 0 Å². The first kappa shape index (κ1) is 20.3. The van der Waals surface area contributed by atoms with Gasteiger partial charge in [-0.15, -0.1) is 11.3 Å². The van der Waals surface area contributed by atoms with Crippen LogP contribution in [-0.2, 0) is 0 Å². The SMILES string of the molecule is COc1cc(C(F)N(C(=O)c2scnc2C)c2cccc(Cl)c2)c2ccccc2n1. The maximum absolute atomic E-state index is 16.2. The normalized spacial score (nSPS) is 12.0. The monoisotopic (exact) mass is 441 g/mol. The maximum Gasteiger partial charge on any atom is 0.272 e. The highest BCUT2D eigenvalue weighted by Gasteiger charge is 2.31. The van der Waals surface area contributed by atoms with Crippen molar-refractivity contribution < 1.29 is 13.9 Å². The topological polar surface area (TPSA) is 55.3 Å². The molecule has 1 atom stereocenters. The number of nitrogens with zero attached hydrogens (tertiary/aromatic N) is 3. The number of alkyl halides is 1. The molecule has 0 saturated carbocycles. The second kappa shape index (κ2) is 8.38. The lowest BCUT2D eigenvalue weighted by Gasteiger charge is -2.27. The van der Waals surface area contributed by atoms with E-state index >= 15 is 4.39 Å². The number of hydrogen-bond acceptors (Lipinski definition) is 5.